The number of nitrogens with zero attached hydrogens (tertiary/aromatic N) is 3. The number of anilines is 1. The fourth-order valence-corrected chi connectivity index (χ4v) is 4.19. The van der Waals surface area contributed by atoms with Crippen LogP contribution in [0.5, 0.6) is 0 Å². The molecule has 3 N–H and O–H groups in total. The van der Waals surface area contributed by atoms with Crippen molar-refractivity contribution in [3.8, 4) is 0 Å². The van der Waals surface area contributed by atoms with Crippen LogP contribution in [0, 0.1) is 0 Å². The number of hydrogen-bond donors (Lipinski definition) is 3. The van der Waals surface area contributed by atoms with Gasteiger partial charge in [0, 0.05) is 43.2 Å². The van der Waals surface area contributed by atoms with Gasteiger partial charge in [0.1, 0.15) is 0 Å². The molecule has 0 unspecified atom stereocenters. The Labute approximate surface area is 168 Å². The summed E-state index contributed by atoms with van der Waals surface area (Å²) in [6, 6.07) is 8.77. The molecule has 2 saturated heterocycles. The highest BCUT2D eigenvalue weighted by Gasteiger charge is 2.44. The first-order valence-electron chi connectivity index (χ1n) is 10.1. The summed E-state index contributed by atoms with van der Waals surface area (Å²) in [5.74, 6) is 1.79. The molecule has 152 valence electrons. The summed E-state index contributed by atoms with van der Waals surface area (Å²) < 4.78 is 5.80. The lowest BCUT2D eigenvalue weighted by atomic mass is 10.1. The third-order valence-electron chi connectivity index (χ3n) is 5.81. The fraction of sp³-hybridized carbons (Fsp3) is 0.500. The summed E-state index contributed by atoms with van der Waals surface area (Å²) in [6.45, 7) is 1.16. The maximum Gasteiger partial charge on any atom is 0.319 e. The molecule has 9 nitrogen and oxygen atoms in total. The molecule has 3 atom stereocenters. The molecule has 3 aliphatic rings. The number of urea groups is 1. The van der Waals surface area contributed by atoms with Gasteiger partial charge in [0.25, 0.3) is 0 Å². The molecule has 1 saturated carbocycles. The second kappa shape index (κ2) is 7.47. The van der Waals surface area contributed by atoms with Gasteiger partial charge in [-0.2, -0.15) is 0 Å². The Balaban J connectivity index is 1.21. The minimum Gasteiger partial charge on any atom is -0.425 e. The summed E-state index contributed by atoms with van der Waals surface area (Å²) in [6.07, 6.45) is 3.42. The number of piperazine rings is 1. The Kier molecular flexibility index (Phi) is 4.67. The van der Waals surface area contributed by atoms with E-state index in [-0.39, 0.29) is 30.1 Å². The zero-order chi connectivity index (χ0) is 19.8. The number of carbonyl (C=O) groups excluding carboxylic acids is 2. The van der Waals surface area contributed by atoms with E-state index in [2.05, 4.69) is 31.0 Å². The molecule has 2 aromatic rings. The van der Waals surface area contributed by atoms with Crippen LogP contribution < -0.4 is 16.0 Å². The quantitative estimate of drug-likeness (QED) is 0.701. The van der Waals surface area contributed by atoms with Gasteiger partial charge < -0.3 is 20.4 Å². The van der Waals surface area contributed by atoms with Crippen LogP contribution in [0.25, 0.3) is 0 Å². The Hall–Kier alpha value is -2.94. The Morgan fingerprint density at radius 3 is 2.86 bits per heavy atom. The Morgan fingerprint density at radius 2 is 2.07 bits per heavy atom. The standard InChI is InChI=1S/C20H24N6O3/c27-18-16-8-14(23-20(28)22-13-4-2-1-3-5-13)11-26(16)15(10-21-18)9-17-24-25-19(29-17)12-6-7-12/h1-5,12,14-16H,6-11H2,(H,21,27)(H2,22,23,28)/t14-,15+,16-/m0/s1. The number of para-hydroxylation sites is 1. The fourth-order valence-electron chi connectivity index (χ4n) is 4.19. The minimum atomic E-state index is -0.260. The monoisotopic (exact) mass is 396 g/mol. The molecular formula is C20H24N6O3. The third kappa shape index (κ3) is 3.95. The summed E-state index contributed by atoms with van der Waals surface area (Å²) in [5.41, 5.74) is 0.735. The molecule has 29 heavy (non-hydrogen) atoms. The molecule has 3 heterocycles. The number of fused-ring (bicyclic) bond motifs is 1. The van der Waals surface area contributed by atoms with Gasteiger partial charge in [0.05, 0.1) is 6.04 Å². The van der Waals surface area contributed by atoms with Crippen molar-refractivity contribution in [3.63, 3.8) is 0 Å². The SMILES string of the molecule is O=C(Nc1ccccc1)N[C@H]1C[C@H]2C(=O)NC[C@@H](Cc3nnc(C4CC4)o3)N2C1. The molecule has 1 aromatic heterocycles. The van der Waals surface area contributed by atoms with Crippen LogP contribution in [-0.4, -0.2) is 58.3 Å². The number of benzene rings is 1. The molecule has 2 aliphatic heterocycles. The van der Waals surface area contributed by atoms with Crippen molar-refractivity contribution in [2.24, 2.45) is 0 Å². The van der Waals surface area contributed by atoms with Crippen LogP contribution in [0.4, 0.5) is 10.5 Å². The van der Waals surface area contributed by atoms with E-state index in [1.165, 1.54) is 0 Å². The summed E-state index contributed by atoms with van der Waals surface area (Å²) in [5, 5.41) is 17.1. The summed E-state index contributed by atoms with van der Waals surface area (Å²) in [7, 11) is 0. The number of rotatable bonds is 5. The molecule has 0 radical (unpaired) electrons. The molecule has 5 rings (SSSR count). The van der Waals surface area contributed by atoms with E-state index >= 15 is 0 Å². The normalized spacial score (nSPS) is 26.6. The van der Waals surface area contributed by atoms with Crippen molar-refractivity contribution in [1.82, 2.24) is 25.7 Å². The number of amides is 3. The van der Waals surface area contributed by atoms with Crippen molar-refractivity contribution in [2.45, 2.75) is 49.7 Å². The smallest absolute Gasteiger partial charge is 0.319 e. The number of carbonyl (C=O) groups is 2. The van der Waals surface area contributed by atoms with E-state index in [1.807, 2.05) is 30.3 Å². The van der Waals surface area contributed by atoms with Gasteiger partial charge in [-0.25, -0.2) is 4.79 Å². The highest BCUT2D eigenvalue weighted by molar-refractivity contribution is 5.89. The first-order chi connectivity index (χ1) is 14.2. The highest BCUT2D eigenvalue weighted by atomic mass is 16.4. The van der Waals surface area contributed by atoms with Crippen LogP contribution in [0.3, 0.4) is 0 Å². The number of aromatic nitrogens is 2. The lowest BCUT2D eigenvalue weighted by Gasteiger charge is -2.36. The maximum atomic E-state index is 12.4. The van der Waals surface area contributed by atoms with E-state index in [0.717, 1.165) is 24.4 Å². The second-order valence-electron chi connectivity index (χ2n) is 8.02. The second-order valence-corrected chi connectivity index (χ2v) is 8.02. The molecule has 1 aromatic carbocycles. The molecule has 9 heteroatoms. The lowest BCUT2D eigenvalue weighted by molar-refractivity contribution is -0.129. The lowest BCUT2D eigenvalue weighted by Crippen LogP contribution is -2.58. The van der Waals surface area contributed by atoms with Crippen molar-refractivity contribution in [3.05, 3.63) is 42.1 Å². The predicted molar refractivity (Wildman–Crippen MR) is 104 cm³/mol. The minimum absolute atomic E-state index is 0.0122. The largest absolute Gasteiger partial charge is 0.425 e. The zero-order valence-electron chi connectivity index (χ0n) is 16.0. The summed E-state index contributed by atoms with van der Waals surface area (Å²) in [4.78, 5) is 26.9. The van der Waals surface area contributed by atoms with Gasteiger partial charge in [-0.3, -0.25) is 9.69 Å². The van der Waals surface area contributed by atoms with Gasteiger partial charge in [0.15, 0.2) is 0 Å². The Bertz CT molecular complexity index is 897. The maximum absolute atomic E-state index is 12.4. The molecule has 0 spiro atoms. The first-order valence-corrected chi connectivity index (χ1v) is 10.1. The first kappa shape index (κ1) is 18.1. The molecule has 0 bridgehead atoms. The number of nitrogens with one attached hydrogen (secondary N) is 3. The van der Waals surface area contributed by atoms with Gasteiger partial charge in [-0.05, 0) is 31.4 Å². The average Bonchev–Trinajstić information content (AvgIpc) is 3.30. The topological polar surface area (TPSA) is 112 Å². The van der Waals surface area contributed by atoms with Crippen LogP contribution in [0.2, 0.25) is 0 Å². The number of hydrogen-bond acceptors (Lipinski definition) is 6. The highest BCUT2D eigenvalue weighted by Crippen LogP contribution is 2.39. The van der Waals surface area contributed by atoms with Gasteiger partial charge in [-0.15, -0.1) is 10.2 Å². The van der Waals surface area contributed by atoms with E-state index in [1.54, 1.807) is 0 Å². The van der Waals surface area contributed by atoms with E-state index in [9.17, 15) is 9.59 Å². The molecule has 1 aliphatic carbocycles. The van der Waals surface area contributed by atoms with Crippen LogP contribution in [0.1, 0.15) is 37.0 Å². The van der Waals surface area contributed by atoms with Crippen molar-refractivity contribution in [1.29, 1.82) is 0 Å². The van der Waals surface area contributed by atoms with Gasteiger partial charge in [-0.1, -0.05) is 18.2 Å². The third-order valence-corrected chi connectivity index (χ3v) is 5.81. The van der Waals surface area contributed by atoms with Crippen LogP contribution in [0.15, 0.2) is 34.7 Å². The van der Waals surface area contributed by atoms with Crippen molar-refractivity contribution >= 4 is 17.6 Å². The molecule has 3 fully saturated rings. The molecular weight excluding hydrogens is 372 g/mol. The van der Waals surface area contributed by atoms with Crippen LogP contribution >= 0.6 is 0 Å². The van der Waals surface area contributed by atoms with Gasteiger partial charge >= 0.3 is 6.03 Å². The zero-order valence-corrected chi connectivity index (χ0v) is 16.0. The van der Waals surface area contributed by atoms with E-state index in [4.69, 9.17) is 4.42 Å². The van der Waals surface area contributed by atoms with E-state index < -0.39 is 0 Å². The van der Waals surface area contributed by atoms with Crippen molar-refractivity contribution < 1.29 is 14.0 Å². The van der Waals surface area contributed by atoms with Gasteiger partial charge in [0.2, 0.25) is 17.7 Å². The predicted octanol–water partition coefficient (Wildman–Crippen LogP) is 1.25. The molecule has 3 amide bonds. The van der Waals surface area contributed by atoms with Crippen molar-refractivity contribution in [2.75, 3.05) is 18.4 Å². The average molecular weight is 396 g/mol. The van der Waals surface area contributed by atoms with E-state index in [0.29, 0.717) is 37.7 Å². The Morgan fingerprint density at radius 1 is 1.24 bits per heavy atom. The summed E-state index contributed by atoms with van der Waals surface area (Å²) >= 11 is 0. The van der Waals surface area contributed by atoms with Crippen LogP contribution in [-0.2, 0) is 11.2 Å².